The Bertz CT molecular complexity index is 423. The minimum Gasteiger partial charge on any atom is -0.308 e. The molecule has 0 radical (unpaired) electrons. The number of anilines is 1. The van der Waals surface area contributed by atoms with Gasteiger partial charge in [0.15, 0.2) is 0 Å². The van der Waals surface area contributed by atoms with Crippen LogP contribution in [0, 0.1) is 6.92 Å². The highest BCUT2D eigenvalue weighted by Gasteiger charge is 2.06. The molecule has 1 aromatic rings. The van der Waals surface area contributed by atoms with Gasteiger partial charge in [0.25, 0.3) is 0 Å². The van der Waals surface area contributed by atoms with Crippen LogP contribution in [0.1, 0.15) is 5.56 Å². The molecular weight excluding hydrogens is 295 g/mol. The summed E-state index contributed by atoms with van der Waals surface area (Å²) in [5.41, 5.74) is 1.60. The molecule has 0 unspecified atom stereocenters. The fourth-order valence-corrected chi connectivity index (χ4v) is 1.36. The summed E-state index contributed by atoms with van der Waals surface area (Å²) in [7, 11) is 0. The smallest absolute Gasteiger partial charge is 0.308 e. The van der Waals surface area contributed by atoms with Crippen molar-refractivity contribution < 1.29 is 9.59 Å². The topological polar surface area (TPSA) is 58.2 Å². The molecule has 3 amide bonds. The van der Waals surface area contributed by atoms with Gasteiger partial charge in [-0.3, -0.25) is 10.1 Å². The third kappa shape index (κ3) is 3.83. The SMILES string of the molecule is Cc1cc(NC(=O)NC(=O)CCl)ccc1Br. The molecule has 1 aromatic carbocycles. The molecule has 2 N–H and O–H groups in total. The first-order valence-corrected chi connectivity index (χ1v) is 5.78. The van der Waals surface area contributed by atoms with E-state index >= 15 is 0 Å². The van der Waals surface area contributed by atoms with E-state index < -0.39 is 11.9 Å². The molecule has 1 rings (SSSR count). The van der Waals surface area contributed by atoms with E-state index in [1.54, 1.807) is 12.1 Å². The number of nitrogens with one attached hydrogen (secondary N) is 2. The van der Waals surface area contributed by atoms with Gasteiger partial charge in [-0.05, 0) is 30.7 Å². The molecule has 0 spiro atoms. The Labute approximate surface area is 106 Å². The first-order valence-electron chi connectivity index (χ1n) is 4.46. The molecule has 0 saturated heterocycles. The van der Waals surface area contributed by atoms with Crippen molar-refractivity contribution >= 4 is 45.2 Å². The van der Waals surface area contributed by atoms with Gasteiger partial charge in [-0.1, -0.05) is 15.9 Å². The fraction of sp³-hybridized carbons (Fsp3) is 0.200. The quantitative estimate of drug-likeness (QED) is 0.825. The first-order chi connectivity index (χ1) is 7.52. The lowest BCUT2D eigenvalue weighted by molar-refractivity contribution is -0.117. The highest BCUT2D eigenvalue weighted by molar-refractivity contribution is 9.10. The molecular formula is C10H10BrClN2O2. The Hall–Kier alpha value is -1.07. The number of alkyl halides is 1. The van der Waals surface area contributed by atoms with Crippen LogP contribution in [0.15, 0.2) is 22.7 Å². The number of aryl methyl sites for hydroxylation is 1. The second kappa shape index (κ2) is 5.86. The summed E-state index contributed by atoms with van der Waals surface area (Å²) in [6, 6.07) is 4.73. The number of hydrogen-bond donors (Lipinski definition) is 2. The Morgan fingerprint density at radius 1 is 1.44 bits per heavy atom. The normalized spacial score (nSPS) is 9.69. The van der Waals surface area contributed by atoms with Crippen molar-refractivity contribution in [1.82, 2.24) is 5.32 Å². The number of carbonyl (C=O) groups excluding carboxylic acids is 2. The van der Waals surface area contributed by atoms with Gasteiger partial charge in [-0.2, -0.15) is 0 Å². The molecule has 16 heavy (non-hydrogen) atoms. The standard InChI is InChI=1S/C10H10BrClN2O2/c1-6-4-7(2-3-8(6)11)13-10(16)14-9(15)5-12/h2-4H,5H2,1H3,(H2,13,14,15,16). The van der Waals surface area contributed by atoms with Crippen molar-refractivity contribution in [3.8, 4) is 0 Å². The number of amides is 3. The zero-order valence-electron chi connectivity index (χ0n) is 8.51. The fourth-order valence-electron chi connectivity index (χ4n) is 1.04. The number of imide groups is 1. The van der Waals surface area contributed by atoms with Crippen LogP contribution in [-0.4, -0.2) is 17.8 Å². The van der Waals surface area contributed by atoms with Gasteiger partial charge in [0, 0.05) is 10.2 Å². The Morgan fingerprint density at radius 2 is 2.12 bits per heavy atom. The zero-order chi connectivity index (χ0) is 12.1. The Morgan fingerprint density at radius 3 is 2.69 bits per heavy atom. The van der Waals surface area contributed by atoms with Gasteiger partial charge in [0.2, 0.25) is 5.91 Å². The van der Waals surface area contributed by atoms with Crippen LogP contribution < -0.4 is 10.6 Å². The maximum Gasteiger partial charge on any atom is 0.325 e. The zero-order valence-corrected chi connectivity index (χ0v) is 10.9. The predicted molar refractivity (Wildman–Crippen MR) is 66.8 cm³/mol. The van der Waals surface area contributed by atoms with E-state index in [1.165, 1.54) is 0 Å². The van der Waals surface area contributed by atoms with Crippen LogP contribution >= 0.6 is 27.5 Å². The van der Waals surface area contributed by atoms with Gasteiger partial charge in [0.05, 0.1) is 0 Å². The molecule has 6 heteroatoms. The van der Waals surface area contributed by atoms with E-state index in [9.17, 15) is 9.59 Å². The summed E-state index contributed by atoms with van der Waals surface area (Å²) in [5.74, 6) is -0.778. The van der Waals surface area contributed by atoms with E-state index in [1.807, 2.05) is 13.0 Å². The van der Waals surface area contributed by atoms with E-state index in [2.05, 4.69) is 26.6 Å². The molecule has 0 saturated carbocycles. The summed E-state index contributed by atoms with van der Waals surface area (Å²) < 4.78 is 0.954. The third-order valence-electron chi connectivity index (χ3n) is 1.79. The van der Waals surface area contributed by atoms with Crippen molar-refractivity contribution in [3.05, 3.63) is 28.2 Å². The van der Waals surface area contributed by atoms with Crippen molar-refractivity contribution in [2.45, 2.75) is 6.92 Å². The van der Waals surface area contributed by atoms with Gasteiger partial charge in [-0.25, -0.2) is 4.79 Å². The van der Waals surface area contributed by atoms with Gasteiger partial charge in [0.1, 0.15) is 5.88 Å². The highest BCUT2D eigenvalue weighted by atomic mass is 79.9. The van der Waals surface area contributed by atoms with Crippen molar-refractivity contribution in [1.29, 1.82) is 0 Å². The monoisotopic (exact) mass is 304 g/mol. The maximum atomic E-state index is 11.3. The van der Waals surface area contributed by atoms with Crippen LogP contribution in [0.25, 0.3) is 0 Å². The van der Waals surface area contributed by atoms with E-state index in [-0.39, 0.29) is 5.88 Å². The summed E-state index contributed by atoms with van der Waals surface area (Å²) in [6.07, 6.45) is 0. The van der Waals surface area contributed by atoms with Gasteiger partial charge in [-0.15, -0.1) is 11.6 Å². The molecule has 0 atom stereocenters. The average molecular weight is 306 g/mol. The molecule has 0 aliphatic carbocycles. The summed E-state index contributed by atoms with van der Waals surface area (Å²) in [6.45, 7) is 1.90. The lowest BCUT2D eigenvalue weighted by Gasteiger charge is -2.07. The lowest BCUT2D eigenvalue weighted by Crippen LogP contribution is -2.35. The number of hydrogen-bond acceptors (Lipinski definition) is 2. The molecule has 0 aromatic heterocycles. The summed E-state index contributed by atoms with van der Waals surface area (Å²) >= 11 is 8.59. The van der Waals surface area contributed by atoms with E-state index in [0.717, 1.165) is 10.0 Å². The first kappa shape index (κ1) is 13.0. The minimum absolute atomic E-state index is 0.243. The van der Waals surface area contributed by atoms with Crippen molar-refractivity contribution in [3.63, 3.8) is 0 Å². The molecule has 0 aliphatic rings. The van der Waals surface area contributed by atoms with Crippen LogP contribution in [0.2, 0.25) is 0 Å². The second-order valence-electron chi connectivity index (χ2n) is 3.10. The maximum absolute atomic E-state index is 11.3. The molecule has 86 valence electrons. The molecule has 4 nitrogen and oxygen atoms in total. The average Bonchev–Trinajstić information content (AvgIpc) is 2.23. The number of urea groups is 1. The highest BCUT2D eigenvalue weighted by Crippen LogP contribution is 2.19. The number of benzene rings is 1. The van der Waals surface area contributed by atoms with Crippen molar-refractivity contribution in [2.24, 2.45) is 0 Å². The van der Waals surface area contributed by atoms with Crippen LogP contribution in [0.5, 0.6) is 0 Å². The molecule has 0 aliphatic heterocycles. The second-order valence-corrected chi connectivity index (χ2v) is 4.22. The molecule has 0 heterocycles. The van der Waals surface area contributed by atoms with E-state index in [0.29, 0.717) is 5.69 Å². The Kier molecular flexibility index (Phi) is 4.76. The summed E-state index contributed by atoms with van der Waals surface area (Å²) in [5, 5.41) is 4.60. The summed E-state index contributed by atoms with van der Waals surface area (Å²) in [4.78, 5) is 22.1. The number of halogens is 2. The number of rotatable bonds is 2. The predicted octanol–water partition coefficient (Wildman–Crippen LogP) is 2.64. The van der Waals surface area contributed by atoms with Crippen LogP contribution in [0.3, 0.4) is 0 Å². The number of carbonyl (C=O) groups is 2. The molecule has 0 bridgehead atoms. The van der Waals surface area contributed by atoms with Crippen LogP contribution in [0.4, 0.5) is 10.5 Å². The molecule has 0 fully saturated rings. The third-order valence-corrected chi connectivity index (χ3v) is 2.92. The van der Waals surface area contributed by atoms with E-state index in [4.69, 9.17) is 11.6 Å². The minimum atomic E-state index is -0.590. The van der Waals surface area contributed by atoms with Crippen molar-refractivity contribution in [2.75, 3.05) is 11.2 Å². The van der Waals surface area contributed by atoms with Gasteiger partial charge < -0.3 is 5.32 Å². The largest absolute Gasteiger partial charge is 0.325 e. The van der Waals surface area contributed by atoms with Gasteiger partial charge >= 0.3 is 6.03 Å². The Balaban J connectivity index is 2.63. The van der Waals surface area contributed by atoms with Crippen LogP contribution in [-0.2, 0) is 4.79 Å². The lowest BCUT2D eigenvalue weighted by atomic mass is 10.2.